The number of fused-ring (bicyclic) bond motifs is 1. The zero-order chi connectivity index (χ0) is 19.5. The maximum Gasteiger partial charge on any atom is 0.337 e. The summed E-state index contributed by atoms with van der Waals surface area (Å²) in [5, 5.41) is 6.70. The number of hydrogen-bond donors (Lipinski definition) is 1. The van der Waals surface area contributed by atoms with Gasteiger partial charge in [0.1, 0.15) is 0 Å². The molecule has 0 unspecified atom stereocenters. The minimum Gasteiger partial charge on any atom is -0.465 e. The number of nitrogens with one attached hydrogen (secondary N) is 1. The topological polar surface area (TPSA) is 99.9 Å². The summed E-state index contributed by atoms with van der Waals surface area (Å²) in [6.07, 6.45) is 0.0484. The lowest BCUT2D eigenvalue weighted by atomic mass is 10.1. The van der Waals surface area contributed by atoms with E-state index in [0.717, 1.165) is 5.56 Å². The van der Waals surface area contributed by atoms with Crippen molar-refractivity contribution in [1.82, 2.24) is 5.16 Å². The van der Waals surface area contributed by atoms with Crippen molar-refractivity contribution in [3.05, 3.63) is 59.8 Å². The van der Waals surface area contributed by atoms with E-state index in [-0.39, 0.29) is 19.1 Å². The molecule has 0 atom stereocenters. The smallest absolute Gasteiger partial charge is 0.337 e. The van der Waals surface area contributed by atoms with Crippen molar-refractivity contribution in [2.75, 3.05) is 19.2 Å². The Morgan fingerprint density at radius 1 is 1.07 bits per heavy atom. The molecule has 0 aliphatic carbocycles. The predicted octanol–water partition coefficient (Wildman–Crippen LogP) is 3.04. The van der Waals surface area contributed by atoms with Gasteiger partial charge in [0.05, 0.1) is 24.8 Å². The van der Waals surface area contributed by atoms with Crippen LogP contribution in [0.25, 0.3) is 11.3 Å². The number of aromatic nitrogens is 1. The molecule has 8 nitrogen and oxygen atoms in total. The van der Waals surface area contributed by atoms with Crippen LogP contribution in [-0.2, 0) is 16.0 Å². The van der Waals surface area contributed by atoms with Crippen LogP contribution in [0.2, 0.25) is 0 Å². The molecule has 0 saturated carbocycles. The lowest BCUT2D eigenvalue weighted by molar-refractivity contribution is -0.115. The SMILES string of the molecule is COC(=O)c1ccc(NC(=O)Cc2cc(-c3ccc4c(c3)OCO4)on2)cc1. The number of methoxy groups -OCH3 is 1. The number of anilines is 1. The zero-order valence-corrected chi connectivity index (χ0v) is 14.9. The molecule has 0 saturated heterocycles. The van der Waals surface area contributed by atoms with Crippen molar-refractivity contribution in [3.8, 4) is 22.8 Å². The number of amides is 1. The summed E-state index contributed by atoms with van der Waals surface area (Å²) in [6, 6.07) is 13.6. The zero-order valence-electron chi connectivity index (χ0n) is 14.9. The third kappa shape index (κ3) is 3.66. The number of ether oxygens (including phenoxy) is 3. The number of nitrogens with zero attached hydrogens (tertiary/aromatic N) is 1. The van der Waals surface area contributed by atoms with Crippen molar-refractivity contribution < 1.29 is 28.3 Å². The average molecular weight is 380 g/mol. The lowest BCUT2D eigenvalue weighted by Crippen LogP contribution is -2.14. The third-order valence-corrected chi connectivity index (χ3v) is 4.15. The van der Waals surface area contributed by atoms with Crippen molar-refractivity contribution in [1.29, 1.82) is 0 Å². The van der Waals surface area contributed by atoms with Gasteiger partial charge in [-0.1, -0.05) is 5.16 Å². The minimum atomic E-state index is -0.434. The number of carbonyl (C=O) groups excluding carboxylic acids is 2. The quantitative estimate of drug-likeness (QED) is 0.679. The Balaban J connectivity index is 1.39. The number of esters is 1. The molecule has 0 fully saturated rings. The maximum atomic E-state index is 12.2. The molecular formula is C20H16N2O6. The first-order valence-electron chi connectivity index (χ1n) is 8.46. The normalized spacial score (nSPS) is 11.9. The third-order valence-electron chi connectivity index (χ3n) is 4.15. The fourth-order valence-corrected chi connectivity index (χ4v) is 2.76. The van der Waals surface area contributed by atoms with Crippen LogP contribution in [-0.4, -0.2) is 30.9 Å². The molecule has 2 aromatic carbocycles. The molecule has 28 heavy (non-hydrogen) atoms. The maximum absolute atomic E-state index is 12.2. The summed E-state index contributed by atoms with van der Waals surface area (Å²) in [4.78, 5) is 23.7. The highest BCUT2D eigenvalue weighted by Gasteiger charge is 2.17. The van der Waals surface area contributed by atoms with Crippen LogP contribution in [0.5, 0.6) is 11.5 Å². The Hall–Kier alpha value is -3.81. The van der Waals surface area contributed by atoms with Gasteiger partial charge in [-0.3, -0.25) is 4.79 Å². The largest absolute Gasteiger partial charge is 0.465 e. The molecule has 2 heterocycles. The van der Waals surface area contributed by atoms with Crippen LogP contribution in [0, 0.1) is 0 Å². The standard InChI is InChI=1S/C20H16N2O6/c1-25-20(24)12-2-5-14(6-3-12)21-19(23)10-15-9-17(28-22-15)13-4-7-16-18(8-13)27-11-26-16/h2-9H,10-11H2,1H3,(H,21,23). The first-order valence-corrected chi connectivity index (χ1v) is 8.46. The molecule has 1 aliphatic rings. The van der Waals surface area contributed by atoms with Gasteiger partial charge in [-0.2, -0.15) is 0 Å². The van der Waals surface area contributed by atoms with Gasteiger partial charge >= 0.3 is 5.97 Å². The van der Waals surface area contributed by atoms with Crippen LogP contribution < -0.4 is 14.8 Å². The van der Waals surface area contributed by atoms with Crippen LogP contribution in [0.3, 0.4) is 0 Å². The molecule has 0 bridgehead atoms. The number of carbonyl (C=O) groups is 2. The molecular weight excluding hydrogens is 364 g/mol. The van der Waals surface area contributed by atoms with Crippen LogP contribution in [0.15, 0.2) is 53.1 Å². The van der Waals surface area contributed by atoms with Crippen LogP contribution >= 0.6 is 0 Å². The van der Waals surface area contributed by atoms with Gasteiger partial charge in [0.2, 0.25) is 12.7 Å². The molecule has 0 spiro atoms. The van der Waals surface area contributed by atoms with Crippen molar-refractivity contribution >= 4 is 17.6 Å². The minimum absolute atomic E-state index is 0.0484. The molecule has 0 radical (unpaired) electrons. The van der Waals surface area contributed by atoms with Gasteiger partial charge in [-0.15, -0.1) is 0 Å². The number of hydrogen-bond acceptors (Lipinski definition) is 7. The predicted molar refractivity (Wildman–Crippen MR) is 98.2 cm³/mol. The second-order valence-electron chi connectivity index (χ2n) is 6.04. The lowest BCUT2D eigenvalue weighted by Gasteiger charge is -2.05. The Kier molecular flexibility index (Phi) is 4.67. The van der Waals surface area contributed by atoms with E-state index in [9.17, 15) is 9.59 Å². The van der Waals surface area contributed by atoms with E-state index in [1.807, 2.05) is 6.07 Å². The van der Waals surface area contributed by atoms with Crippen molar-refractivity contribution in [3.63, 3.8) is 0 Å². The Morgan fingerprint density at radius 3 is 2.64 bits per heavy atom. The number of rotatable bonds is 5. The monoisotopic (exact) mass is 380 g/mol. The van der Waals surface area contributed by atoms with E-state index >= 15 is 0 Å². The van der Waals surface area contributed by atoms with Gasteiger partial charge in [0.15, 0.2) is 17.3 Å². The highest BCUT2D eigenvalue weighted by atomic mass is 16.7. The molecule has 8 heteroatoms. The fraction of sp³-hybridized carbons (Fsp3) is 0.150. The van der Waals surface area contributed by atoms with Crippen LogP contribution in [0.4, 0.5) is 5.69 Å². The second kappa shape index (κ2) is 7.43. The Bertz CT molecular complexity index is 1030. The van der Waals surface area contributed by atoms with Gasteiger partial charge in [0, 0.05) is 17.3 Å². The summed E-state index contributed by atoms with van der Waals surface area (Å²) in [6.45, 7) is 0.196. The second-order valence-corrected chi connectivity index (χ2v) is 6.04. The van der Waals surface area contributed by atoms with Crippen molar-refractivity contribution in [2.45, 2.75) is 6.42 Å². The van der Waals surface area contributed by atoms with E-state index in [2.05, 4.69) is 15.2 Å². The Morgan fingerprint density at radius 2 is 1.86 bits per heavy atom. The van der Waals surface area contributed by atoms with Gasteiger partial charge < -0.3 is 24.1 Å². The van der Waals surface area contributed by atoms with Crippen molar-refractivity contribution in [2.24, 2.45) is 0 Å². The summed E-state index contributed by atoms with van der Waals surface area (Å²) in [5.74, 6) is 1.17. The van der Waals surface area contributed by atoms with E-state index in [4.69, 9.17) is 14.0 Å². The van der Waals surface area contributed by atoms with E-state index in [1.165, 1.54) is 7.11 Å². The molecule has 142 valence electrons. The fourth-order valence-electron chi connectivity index (χ4n) is 2.76. The highest BCUT2D eigenvalue weighted by Crippen LogP contribution is 2.36. The summed E-state index contributed by atoms with van der Waals surface area (Å²) < 4.78 is 20.6. The molecule has 1 aliphatic heterocycles. The first kappa shape index (κ1) is 17.6. The van der Waals surface area contributed by atoms with Gasteiger partial charge in [0.25, 0.3) is 0 Å². The van der Waals surface area contributed by atoms with E-state index in [0.29, 0.717) is 34.2 Å². The first-order chi connectivity index (χ1) is 13.6. The summed E-state index contributed by atoms with van der Waals surface area (Å²) in [5.41, 5.74) is 2.25. The molecule has 1 aromatic heterocycles. The van der Waals surface area contributed by atoms with Gasteiger partial charge in [-0.05, 0) is 42.5 Å². The van der Waals surface area contributed by atoms with Crippen LogP contribution in [0.1, 0.15) is 16.1 Å². The Labute approximate surface area is 160 Å². The molecule has 1 amide bonds. The van der Waals surface area contributed by atoms with Gasteiger partial charge in [-0.25, -0.2) is 4.79 Å². The summed E-state index contributed by atoms with van der Waals surface area (Å²) >= 11 is 0. The molecule has 1 N–H and O–H groups in total. The molecule has 4 rings (SSSR count). The highest BCUT2D eigenvalue weighted by molar-refractivity contribution is 5.93. The molecule has 3 aromatic rings. The van der Waals surface area contributed by atoms with E-state index < -0.39 is 5.97 Å². The summed E-state index contributed by atoms with van der Waals surface area (Å²) in [7, 11) is 1.31. The average Bonchev–Trinajstić information content (AvgIpc) is 3.36. The number of benzene rings is 2. The van der Waals surface area contributed by atoms with E-state index in [1.54, 1.807) is 42.5 Å².